The third-order valence-electron chi connectivity index (χ3n) is 2.59. The molecule has 1 amide bonds. The predicted molar refractivity (Wildman–Crippen MR) is 70.0 cm³/mol. The van der Waals surface area contributed by atoms with E-state index in [0.29, 0.717) is 6.42 Å². The molecule has 0 saturated carbocycles. The smallest absolute Gasteiger partial charge is 0.387 e. The largest absolute Gasteiger partial charge is 0.481 e. The molecule has 1 atom stereocenters. The van der Waals surface area contributed by atoms with E-state index in [-0.39, 0.29) is 12.3 Å². The van der Waals surface area contributed by atoms with Crippen molar-refractivity contribution in [2.24, 2.45) is 5.73 Å². The number of benzene rings is 1. The number of carboxylic acids is 1. The van der Waals surface area contributed by atoms with Gasteiger partial charge in [-0.1, -0.05) is 12.1 Å². The van der Waals surface area contributed by atoms with Gasteiger partial charge in [-0.25, -0.2) is 0 Å². The van der Waals surface area contributed by atoms with E-state index in [1.807, 2.05) is 0 Å². The fourth-order valence-corrected chi connectivity index (χ4v) is 1.58. The summed E-state index contributed by atoms with van der Waals surface area (Å²) in [6.45, 7) is -2.60. The summed E-state index contributed by atoms with van der Waals surface area (Å²) < 4.78 is 28.1. The van der Waals surface area contributed by atoms with Crippen molar-refractivity contribution in [3.63, 3.8) is 0 Å². The van der Waals surface area contributed by atoms with Gasteiger partial charge in [-0.2, -0.15) is 8.78 Å². The number of alkyl halides is 2. The number of rotatable bonds is 8. The normalized spacial score (nSPS) is 12.0. The van der Waals surface area contributed by atoms with Crippen molar-refractivity contribution in [3.8, 4) is 5.75 Å². The number of carbonyl (C=O) groups is 2. The van der Waals surface area contributed by atoms with Crippen LogP contribution in [0.4, 0.5) is 8.78 Å². The highest BCUT2D eigenvalue weighted by atomic mass is 19.3. The fraction of sp³-hybridized carbons (Fsp3) is 0.385. The summed E-state index contributed by atoms with van der Waals surface area (Å²) in [5.41, 5.74) is 6.19. The number of halogens is 2. The van der Waals surface area contributed by atoms with Gasteiger partial charge in [0.1, 0.15) is 5.75 Å². The van der Waals surface area contributed by atoms with Gasteiger partial charge in [0.05, 0.1) is 12.5 Å². The number of ether oxygens (including phenoxy) is 1. The van der Waals surface area contributed by atoms with E-state index in [1.165, 1.54) is 12.1 Å². The zero-order valence-corrected chi connectivity index (χ0v) is 11.1. The SMILES string of the molecule is NC(CC(=O)O)C(=O)NCCc1ccc(OC(F)F)cc1. The van der Waals surface area contributed by atoms with Gasteiger partial charge in [-0.05, 0) is 24.1 Å². The van der Waals surface area contributed by atoms with Gasteiger partial charge >= 0.3 is 12.6 Å². The van der Waals surface area contributed by atoms with Crippen LogP contribution < -0.4 is 15.8 Å². The molecule has 1 rings (SSSR count). The van der Waals surface area contributed by atoms with Gasteiger partial charge in [0.15, 0.2) is 0 Å². The molecule has 0 fully saturated rings. The van der Waals surface area contributed by atoms with Crippen molar-refractivity contribution < 1.29 is 28.2 Å². The molecule has 4 N–H and O–H groups in total. The summed E-state index contributed by atoms with van der Waals surface area (Å²) >= 11 is 0. The standard InChI is InChI=1S/C13H16F2N2O4/c14-13(15)21-9-3-1-8(2-4-9)5-6-17-12(20)10(16)7-11(18)19/h1-4,10,13H,5-7,16H2,(H,17,20)(H,18,19). The fourth-order valence-electron chi connectivity index (χ4n) is 1.58. The maximum atomic E-state index is 12.0. The summed E-state index contributed by atoms with van der Waals surface area (Å²) in [5, 5.41) is 11.0. The van der Waals surface area contributed by atoms with Crippen LogP contribution in [0, 0.1) is 0 Å². The molecule has 0 aliphatic rings. The van der Waals surface area contributed by atoms with Gasteiger partial charge in [0.25, 0.3) is 0 Å². The zero-order chi connectivity index (χ0) is 15.8. The molecule has 0 bridgehead atoms. The number of amides is 1. The molecule has 1 aromatic carbocycles. The van der Waals surface area contributed by atoms with E-state index in [9.17, 15) is 18.4 Å². The lowest BCUT2D eigenvalue weighted by atomic mass is 10.1. The molecule has 0 radical (unpaired) electrons. The van der Waals surface area contributed by atoms with Crippen LogP contribution in [0.2, 0.25) is 0 Å². The molecule has 0 heterocycles. The number of hydrogen-bond donors (Lipinski definition) is 3. The van der Waals surface area contributed by atoms with Gasteiger partial charge in [-0.15, -0.1) is 0 Å². The molecule has 1 aromatic rings. The highest BCUT2D eigenvalue weighted by Gasteiger charge is 2.16. The molecular weight excluding hydrogens is 286 g/mol. The van der Waals surface area contributed by atoms with E-state index in [4.69, 9.17) is 10.8 Å². The van der Waals surface area contributed by atoms with Gasteiger partial charge in [-0.3, -0.25) is 9.59 Å². The minimum atomic E-state index is -2.87. The van der Waals surface area contributed by atoms with E-state index in [2.05, 4.69) is 10.1 Å². The van der Waals surface area contributed by atoms with Crippen LogP contribution in [-0.4, -0.2) is 36.2 Å². The molecule has 0 aliphatic carbocycles. The van der Waals surface area contributed by atoms with Crippen molar-refractivity contribution in [1.82, 2.24) is 5.32 Å². The molecule has 6 nitrogen and oxygen atoms in total. The third kappa shape index (κ3) is 6.66. The summed E-state index contributed by atoms with van der Waals surface area (Å²) in [4.78, 5) is 21.8. The second kappa shape index (κ2) is 8.15. The van der Waals surface area contributed by atoms with Crippen LogP contribution in [0.5, 0.6) is 5.75 Å². The van der Waals surface area contributed by atoms with Crippen LogP contribution in [0.3, 0.4) is 0 Å². The molecule has 0 aromatic heterocycles. The highest BCUT2D eigenvalue weighted by Crippen LogP contribution is 2.14. The van der Waals surface area contributed by atoms with E-state index in [1.54, 1.807) is 12.1 Å². The van der Waals surface area contributed by atoms with Crippen LogP contribution in [0.25, 0.3) is 0 Å². The average molecular weight is 302 g/mol. The lowest BCUT2D eigenvalue weighted by Gasteiger charge is -2.10. The minimum absolute atomic E-state index is 0.0567. The first-order valence-corrected chi connectivity index (χ1v) is 6.17. The number of aliphatic carboxylic acids is 1. The lowest BCUT2D eigenvalue weighted by Crippen LogP contribution is -2.42. The maximum Gasteiger partial charge on any atom is 0.387 e. The summed E-state index contributed by atoms with van der Waals surface area (Å²) in [6, 6.07) is 4.91. The van der Waals surface area contributed by atoms with E-state index >= 15 is 0 Å². The lowest BCUT2D eigenvalue weighted by molar-refractivity contribution is -0.139. The summed E-state index contributed by atoms with van der Waals surface area (Å²) in [7, 11) is 0. The third-order valence-corrected chi connectivity index (χ3v) is 2.59. The Morgan fingerprint density at radius 2 is 1.90 bits per heavy atom. The van der Waals surface area contributed by atoms with Gasteiger partial charge < -0.3 is 20.9 Å². The van der Waals surface area contributed by atoms with Gasteiger partial charge in [0.2, 0.25) is 5.91 Å². The van der Waals surface area contributed by atoms with Crippen molar-refractivity contribution >= 4 is 11.9 Å². The molecule has 0 aliphatic heterocycles. The molecular formula is C13H16F2N2O4. The van der Waals surface area contributed by atoms with Crippen LogP contribution >= 0.6 is 0 Å². The van der Waals surface area contributed by atoms with Gasteiger partial charge in [0, 0.05) is 6.54 Å². The summed E-state index contributed by atoms with van der Waals surface area (Å²) in [5.74, 6) is -1.64. The number of carbonyl (C=O) groups excluding carboxylic acids is 1. The number of nitrogens with two attached hydrogens (primary N) is 1. The first-order valence-electron chi connectivity index (χ1n) is 6.17. The molecule has 0 saturated heterocycles. The van der Waals surface area contributed by atoms with E-state index in [0.717, 1.165) is 5.56 Å². The highest BCUT2D eigenvalue weighted by molar-refractivity contribution is 5.85. The van der Waals surface area contributed by atoms with Crippen LogP contribution in [-0.2, 0) is 16.0 Å². The van der Waals surface area contributed by atoms with Crippen LogP contribution in [0.15, 0.2) is 24.3 Å². The Balaban J connectivity index is 2.35. The second-order valence-corrected chi connectivity index (χ2v) is 4.27. The molecule has 116 valence electrons. The Morgan fingerprint density at radius 1 is 1.29 bits per heavy atom. The Bertz CT molecular complexity index is 480. The predicted octanol–water partition coefficient (Wildman–Crippen LogP) is 0.749. The topological polar surface area (TPSA) is 102 Å². The van der Waals surface area contributed by atoms with E-state index < -0.39 is 31.0 Å². The number of nitrogens with one attached hydrogen (secondary N) is 1. The van der Waals surface area contributed by atoms with Crippen molar-refractivity contribution in [2.75, 3.05) is 6.54 Å². The second-order valence-electron chi connectivity index (χ2n) is 4.27. The zero-order valence-electron chi connectivity index (χ0n) is 11.1. The Morgan fingerprint density at radius 3 is 2.43 bits per heavy atom. The molecule has 1 unspecified atom stereocenters. The Kier molecular flexibility index (Phi) is 6.54. The Labute approximate surface area is 119 Å². The summed E-state index contributed by atoms with van der Waals surface area (Å²) in [6.07, 6.45) is 0.0198. The average Bonchev–Trinajstić information content (AvgIpc) is 2.39. The van der Waals surface area contributed by atoms with Crippen molar-refractivity contribution in [2.45, 2.75) is 25.5 Å². The molecule has 8 heteroatoms. The van der Waals surface area contributed by atoms with Crippen LogP contribution in [0.1, 0.15) is 12.0 Å². The first kappa shape index (κ1) is 16.8. The first-order chi connectivity index (χ1) is 9.88. The molecule has 21 heavy (non-hydrogen) atoms. The van der Waals surface area contributed by atoms with Crippen molar-refractivity contribution in [1.29, 1.82) is 0 Å². The number of hydrogen-bond acceptors (Lipinski definition) is 4. The van der Waals surface area contributed by atoms with Crippen molar-refractivity contribution in [3.05, 3.63) is 29.8 Å². The Hall–Kier alpha value is -2.22. The monoisotopic (exact) mass is 302 g/mol. The number of carboxylic acid groups (broad SMARTS) is 1. The minimum Gasteiger partial charge on any atom is -0.481 e. The molecule has 0 spiro atoms. The quantitative estimate of drug-likeness (QED) is 0.657. The maximum absolute atomic E-state index is 12.0.